The molecule has 0 radical (unpaired) electrons. The van der Waals surface area contributed by atoms with Crippen LogP contribution in [0.25, 0.3) is 0 Å². The summed E-state index contributed by atoms with van der Waals surface area (Å²) in [7, 11) is 0. The van der Waals surface area contributed by atoms with Gasteiger partial charge in [0, 0.05) is 13.0 Å². The van der Waals surface area contributed by atoms with Crippen LogP contribution in [0.15, 0.2) is 0 Å². The summed E-state index contributed by atoms with van der Waals surface area (Å²) in [4.78, 5) is 10.8. The molecule has 0 amide bonds. The molecule has 1 saturated heterocycles. The van der Waals surface area contributed by atoms with E-state index >= 15 is 0 Å². The van der Waals surface area contributed by atoms with Crippen molar-refractivity contribution in [1.29, 1.82) is 0 Å². The van der Waals surface area contributed by atoms with E-state index in [2.05, 4.69) is 4.74 Å². The first-order chi connectivity index (χ1) is 8.23. The number of carbonyl (C=O) groups is 1. The molecule has 0 bridgehead atoms. The van der Waals surface area contributed by atoms with Crippen LogP contribution >= 0.6 is 0 Å². The SMILES string of the molecule is NC[C@@H](O)[C@@H](O)C1O[C@](O)(C(=O)O)C[C@@H](O)[C@H]1O. The molecule has 1 heterocycles. The fourth-order valence-electron chi connectivity index (χ4n) is 1.73. The highest BCUT2D eigenvalue weighted by Gasteiger charge is 2.53. The minimum absolute atomic E-state index is 0.366. The van der Waals surface area contributed by atoms with Gasteiger partial charge in [0.1, 0.15) is 18.3 Å². The second-order valence-electron chi connectivity index (χ2n) is 4.23. The molecule has 1 aliphatic rings. The van der Waals surface area contributed by atoms with Crippen molar-refractivity contribution >= 4 is 5.97 Å². The molecule has 1 rings (SSSR count). The Bertz CT molecular complexity index is 313. The summed E-state index contributed by atoms with van der Waals surface area (Å²) in [6.45, 7) is -0.366. The van der Waals surface area contributed by atoms with E-state index in [4.69, 9.17) is 10.8 Å². The molecule has 0 aliphatic carbocycles. The standard InChI is InChI=1S/C9H17NO8/c10-2-4(12)6(14)7-5(13)3(11)1-9(17,18-7)8(15)16/h3-7,11-14,17H,1-2,10H2,(H,15,16)/t3-,4-,5-,6-,7?,9+/m1/s1. The number of carboxylic acid groups (broad SMARTS) is 1. The fourth-order valence-corrected chi connectivity index (χ4v) is 1.73. The third-order valence-corrected chi connectivity index (χ3v) is 2.85. The van der Waals surface area contributed by atoms with Crippen LogP contribution in [0.5, 0.6) is 0 Å². The first-order valence-corrected chi connectivity index (χ1v) is 5.29. The minimum Gasteiger partial charge on any atom is -0.477 e. The van der Waals surface area contributed by atoms with Crippen molar-refractivity contribution in [2.24, 2.45) is 5.73 Å². The lowest BCUT2D eigenvalue weighted by atomic mass is 9.91. The average Bonchev–Trinajstić information content (AvgIpc) is 2.31. The van der Waals surface area contributed by atoms with Crippen LogP contribution in [0, 0.1) is 0 Å². The number of carboxylic acids is 1. The van der Waals surface area contributed by atoms with Gasteiger partial charge in [-0.05, 0) is 0 Å². The van der Waals surface area contributed by atoms with Crippen molar-refractivity contribution in [3.05, 3.63) is 0 Å². The van der Waals surface area contributed by atoms with E-state index in [0.717, 1.165) is 0 Å². The molecule has 1 unspecified atom stereocenters. The lowest BCUT2D eigenvalue weighted by molar-refractivity contribution is -0.312. The zero-order chi connectivity index (χ0) is 14.1. The summed E-state index contributed by atoms with van der Waals surface area (Å²) >= 11 is 0. The predicted octanol–water partition coefficient (Wildman–Crippen LogP) is -4.05. The number of aliphatic hydroxyl groups is 5. The van der Waals surface area contributed by atoms with Crippen molar-refractivity contribution in [2.45, 2.75) is 42.7 Å². The van der Waals surface area contributed by atoms with Crippen LogP contribution in [0.1, 0.15) is 6.42 Å². The second-order valence-corrected chi connectivity index (χ2v) is 4.23. The van der Waals surface area contributed by atoms with Gasteiger partial charge in [-0.25, -0.2) is 4.79 Å². The Kier molecular flexibility index (Phi) is 4.61. The zero-order valence-electron chi connectivity index (χ0n) is 9.38. The van der Waals surface area contributed by atoms with Crippen molar-refractivity contribution in [3.8, 4) is 0 Å². The molecule has 1 aliphatic heterocycles. The van der Waals surface area contributed by atoms with E-state index in [1.165, 1.54) is 0 Å². The van der Waals surface area contributed by atoms with Crippen LogP contribution in [0.4, 0.5) is 0 Å². The maximum absolute atomic E-state index is 10.8. The molecule has 0 spiro atoms. The van der Waals surface area contributed by atoms with Crippen molar-refractivity contribution in [3.63, 3.8) is 0 Å². The third-order valence-electron chi connectivity index (χ3n) is 2.85. The Morgan fingerprint density at radius 1 is 1.44 bits per heavy atom. The van der Waals surface area contributed by atoms with E-state index in [9.17, 15) is 30.3 Å². The van der Waals surface area contributed by atoms with Gasteiger partial charge in [-0.3, -0.25) is 0 Å². The molecule has 8 N–H and O–H groups in total. The zero-order valence-corrected chi connectivity index (χ0v) is 9.38. The van der Waals surface area contributed by atoms with E-state index < -0.39 is 48.7 Å². The van der Waals surface area contributed by atoms with Gasteiger partial charge in [0.05, 0.1) is 12.2 Å². The van der Waals surface area contributed by atoms with Gasteiger partial charge in [0.15, 0.2) is 0 Å². The second kappa shape index (κ2) is 5.45. The Morgan fingerprint density at radius 2 is 2.00 bits per heavy atom. The summed E-state index contributed by atoms with van der Waals surface area (Å²) in [6, 6.07) is 0. The Balaban J connectivity index is 2.92. The third kappa shape index (κ3) is 2.78. The number of hydrogen-bond donors (Lipinski definition) is 7. The molecule has 0 aromatic carbocycles. The van der Waals surface area contributed by atoms with E-state index in [0.29, 0.717) is 0 Å². The van der Waals surface area contributed by atoms with Crippen molar-refractivity contribution in [2.75, 3.05) is 6.54 Å². The molecule has 9 nitrogen and oxygen atoms in total. The number of aliphatic carboxylic acids is 1. The van der Waals surface area contributed by atoms with Crippen LogP contribution < -0.4 is 5.73 Å². The van der Waals surface area contributed by atoms with E-state index in [1.54, 1.807) is 0 Å². The van der Waals surface area contributed by atoms with Gasteiger partial charge in [-0.15, -0.1) is 0 Å². The predicted molar refractivity (Wildman–Crippen MR) is 55.2 cm³/mol. The smallest absolute Gasteiger partial charge is 0.364 e. The molecule has 9 heteroatoms. The van der Waals surface area contributed by atoms with Crippen LogP contribution in [-0.4, -0.2) is 79.5 Å². The molecular formula is C9H17NO8. The summed E-state index contributed by atoms with van der Waals surface area (Å²) in [6.07, 6.45) is -8.94. The summed E-state index contributed by atoms with van der Waals surface area (Å²) < 4.78 is 4.68. The van der Waals surface area contributed by atoms with E-state index in [-0.39, 0.29) is 6.54 Å². The van der Waals surface area contributed by atoms with Crippen LogP contribution in [0.3, 0.4) is 0 Å². The topological polar surface area (TPSA) is 174 Å². The summed E-state index contributed by atoms with van der Waals surface area (Å²) in [5.41, 5.74) is 5.10. The normalized spacial score (nSPS) is 40.2. The molecule has 106 valence electrons. The summed E-state index contributed by atoms with van der Waals surface area (Å²) in [5.74, 6) is -4.51. The van der Waals surface area contributed by atoms with E-state index in [1.807, 2.05) is 0 Å². The van der Waals surface area contributed by atoms with Gasteiger partial charge >= 0.3 is 5.97 Å². The van der Waals surface area contributed by atoms with Gasteiger partial charge in [-0.1, -0.05) is 0 Å². The average molecular weight is 267 g/mol. The first-order valence-electron chi connectivity index (χ1n) is 5.29. The van der Waals surface area contributed by atoms with Crippen molar-refractivity contribution < 1.29 is 40.2 Å². The number of hydrogen-bond acceptors (Lipinski definition) is 8. The Morgan fingerprint density at radius 3 is 2.44 bits per heavy atom. The highest BCUT2D eigenvalue weighted by molar-refractivity contribution is 5.75. The maximum atomic E-state index is 10.8. The highest BCUT2D eigenvalue weighted by atomic mass is 16.7. The quantitative estimate of drug-likeness (QED) is 0.267. The molecule has 0 aromatic heterocycles. The summed E-state index contributed by atoms with van der Waals surface area (Å²) in [5, 5.41) is 56.3. The highest BCUT2D eigenvalue weighted by Crippen LogP contribution is 2.30. The van der Waals surface area contributed by atoms with Crippen LogP contribution in [0.2, 0.25) is 0 Å². The van der Waals surface area contributed by atoms with Gasteiger partial charge in [-0.2, -0.15) is 0 Å². The Labute approximate surface area is 102 Å². The molecule has 6 atom stereocenters. The molecule has 0 aromatic rings. The first kappa shape index (κ1) is 15.2. The maximum Gasteiger partial charge on any atom is 0.364 e. The van der Waals surface area contributed by atoms with Crippen LogP contribution in [-0.2, 0) is 9.53 Å². The molecule has 1 fully saturated rings. The largest absolute Gasteiger partial charge is 0.477 e. The minimum atomic E-state index is -2.74. The fraction of sp³-hybridized carbons (Fsp3) is 0.889. The Hall–Kier alpha value is -0.810. The lowest BCUT2D eigenvalue weighted by Gasteiger charge is -2.42. The van der Waals surface area contributed by atoms with Crippen molar-refractivity contribution in [1.82, 2.24) is 0 Å². The monoisotopic (exact) mass is 267 g/mol. The molecular weight excluding hydrogens is 250 g/mol. The number of ether oxygens (including phenoxy) is 1. The number of aliphatic hydroxyl groups excluding tert-OH is 4. The van der Waals surface area contributed by atoms with Gasteiger partial charge < -0.3 is 41.1 Å². The number of rotatable bonds is 4. The molecule has 18 heavy (non-hydrogen) atoms. The lowest BCUT2D eigenvalue weighted by Crippen LogP contribution is -2.63. The number of nitrogens with two attached hydrogens (primary N) is 1. The van der Waals surface area contributed by atoms with Gasteiger partial charge in [0.25, 0.3) is 5.79 Å². The molecule has 0 saturated carbocycles. The van der Waals surface area contributed by atoms with Gasteiger partial charge in [0.2, 0.25) is 0 Å².